The van der Waals surface area contributed by atoms with E-state index in [0.29, 0.717) is 16.6 Å². The van der Waals surface area contributed by atoms with Gasteiger partial charge in [-0.3, -0.25) is 4.79 Å². The van der Waals surface area contributed by atoms with Crippen molar-refractivity contribution < 1.29 is 4.79 Å². The topological polar surface area (TPSA) is 41.1 Å². The zero-order valence-electron chi connectivity index (χ0n) is 11.8. The molecule has 0 radical (unpaired) electrons. The van der Waals surface area contributed by atoms with Crippen molar-refractivity contribution in [1.82, 2.24) is 5.32 Å². The zero-order valence-corrected chi connectivity index (χ0v) is 12.6. The summed E-state index contributed by atoms with van der Waals surface area (Å²) in [4.78, 5) is 11.8. The molecule has 0 saturated carbocycles. The Morgan fingerprint density at radius 2 is 1.81 bits per heavy atom. The highest BCUT2D eigenvalue weighted by Crippen LogP contribution is 2.26. The van der Waals surface area contributed by atoms with Crippen molar-refractivity contribution in [1.29, 1.82) is 0 Å². The van der Waals surface area contributed by atoms with Gasteiger partial charge >= 0.3 is 0 Å². The Hall–Kier alpha value is -2.00. The van der Waals surface area contributed by atoms with Gasteiger partial charge in [-0.15, -0.1) is 0 Å². The SMILES string of the molecule is CNC(=O)c1cc(NC2Cc3ccccc3C2)ccc1Cl. The predicted octanol–water partition coefficient (Wildman–Crippen LogP) is 3.28. The molecule has 1 aliphatic carbocycles. The molecule has 0 heterocycles. The van der Waals surface area contributed by atoms with Gasteiger partial charge in [0.15, 0.2) is 0 Å². The van der Waals surface area contributed by atoms with Crippen molar-refractivity contribution in [2.24, 2.45) is 0 Å². The van der Waals surface area contributed by atoms with Crippen LogP contribution in [0.15, 0.2) is 42.5 Å². The summed E-state index contributed by atoms with van der Waals surface area (Å²) in [5.41, 5.74) is 4.22. The highest BCUT2D eigenvalue weighted by Gasteiger charge is 2.21. The first kappa shape index (κ1) is 14.0. The molecule has 0 saturated heterocycles. The van der Waals surface area contributed by atoms with E-state index in [2.05, 4.69) is 34.9 Å². The molecule has 0 bridgehead atoms. The van der Waals surface area contributed by atoms with E-state index in [1.165, 1.54) is 11.1 Å². The van der Waals surface area contributed by atoms with Crippen LogP contribution >= 0.6 is 11.6 Å². The first-order valence-electron chi connectivity index (χ1n) is 7.02. The van der Waals surface area contributed by atoms with Crippen LogP contribution in [0.4, 0.5) is 5.69 Å². The van der Waals surface area contributed by atoms with E-state index in [9.17, 15) is 4.79 Å². The highest BCUT2D eigenvalue weighted by atomic mass is 35.5. The monoisotopic (exact) mass is 300 g/mol. The Labute approximate surface area is 129 Å². The number of amides is 1. The summed E-state index contributed by atoms with van der Waals surface area (Å²) in [5.74, 6) is -0.168. The first-order chi connectivity index (χ1) is 10.2. The number of benzene rings is 2. The van der Waals surface area contributed by atoms with Gasteiger partial charge in [-0.25, -0.2) is 0 Å². The molecule has 0 aliphatic heterocycles. The van der Waals surface area contributed by atoms with Gasteiger partial charge in [0.05, 0.1) is 10.6 Å². The number of hydrogen-bond donors (Lipinski definition) is 2. The second-order valence-corrected chi connectivity index (χ2v) is 5.70. The second kappa shape index (κ2) is 5.78. The molecule has 0 aromatic heterocycles. The molecule has 0 atom stereocenters. The third-order valence-electron chi connectivity index (χ3n) is 3.86. The molecule has 2 aromatic carbocycles. The van der Waals surface area contributed by atoms with Crippen molar-refractivity contribution in [2.45, 2.75) is 18.9 Å². The van der Waals surface area contributed by atoms with Crippen LogP contribution in [-0.4, -0.2) is 19.0 Å². The molecule has 0 unspecified atom stereocenters. The fourth-order valence-corrected chi connectivity index (χ4v) is 3.02. The van der Waals surface area contributed by atoms with Crippen molar-refractivity contribution in [2.75, 3.05) is 12.4 Å². The lowest BCUT2D eigenvalue weighted by molar-refractivity contribution is 0.0963. The average molecular weight is 301 g/mol. The highest BCUT2D eigenvalue weighted by molar-refractivity contribution is 6.34. The number of halogens is 1. The molecular formula is C17H17ClN2O. The van der Waals surface area contributed by atoms with Crippen LogP contribution in [0.1, 0.15) is 21.5 Å². The number of hydrogen-bond acceptors (Lipinski definition) is 2. The molecule has 4 heteroatoms. The molecule has 108 valence electrons. The van der Waals surface area contributed by atoms with Gasteiger partial charge < -0.3 is 10.6 Å². The van der Waals surface area contributed by atoms with Crippen LogP contribution in [-0.2, 0) is 12.8 Å². The normalized spacial score (nSPS) is 13.8. The van der Waals surface area contributed by atoms with E-state index < -0.39 is 0 Å². The van der Waals surface area contributed by atoms with Gasteiger partial charge in [0.25, 0.3) is 5.91 Å². The maximum absolute atomic E-state index is 11.8. The number of anilines is 1. The summed E-state index contributed by atoms with van der Waals surface area (Å²) in [7, 11) is 1.60. The van der Waals surface area contributed by atoms with Gasteiger partial charge in [0.1, 0.15) is 0 Å². The molecule has 3 nitrogen and oxygen atoms in total. The van der Waals surface area contributed by atoms with E-state index in [0.717, 1.165) is 18.5 Å². The molecule has 0 fully saturated rings. The summed E-state index contributed by atoms with van der Waals surface area (Å²) in [6.07, 6.45) is 2.02. The molecule has 21 heavy (non-hydrogen) atoms. The van der Waals surface area contributed by atoms with Gasteiger partial charge in [0, 0.05) is 18.8 Å². The molecule has 0 spiro atoms. The quantitative estimate of drug-likeness (QED) is 0.913. The van der Waals surface area contributed by atoms with E-state index in [1.807, 2.05) is 12.1 Å². The molecular weight excluding hydrogens is 284 g/mol. The van der Waals surface area contributed by atoms with Gasteiger partial charge in [-0.2, -0.15) is 0 Å². The van der Waals surface area contributed by atoms with Crippen molar-refractivity contribution in [3.63, 3.8) is 0 Å². The average Bonchev–Trinajstić information content (AvgIpc) is 2.90. The minimum Gasteiger partial charge on any atom is -0.382 e. The number of carbonyl (C=O) groups is 1. The third-order valence-corrected chi connectivity index (χ3v) is 4.19. The lowest BCUT2D eigenvalue weighted by atomic mass is 10.1. The maximum Gasteiger partial charge on any atom is 0.252 e. The van der Waals surface area contributed by atoms with Crippen LogP contribution in [0.5, 0.6) is 0 Å². The second-order valence-electron chi connectivity index (χ2n) is 5.29. The van der Waals surface area contributed by atoms with Gasteiger partial charge in [-0.1, -0.05) is 35.9 Å². The molecule has 3 rings (SSSR count). The number of rotatable bonds is 3. The predicted molar refractivity (Wildman–Crippen MR) is 86.1 cm³/mol. The van der Waals surface area contributed by atoms with Gasteiger partial charge in [0.2, 0.25) is 0 Å². The van der Waals surface area contributed by atoms with E-state index in [1.54, 1.807) is 13.1 Å². The number of nitrogens with one attached hydrogen (secondary N) is 2. The van der Waals surface area contributed by atoms with Crippen LogP contribution in [0.3, 0.4) is 0 Å². The Morgan fingerprint density at radius 1 is 1.14 bits per heavy atom. The molecule has 2 N–H and O–H groups in total. The Balaban J connectivity index is 1.76. The fourth-order valence-electron chi connectivity index (χ4n) is 2.82. The number of carbonyl (C=O) groups excluding carboxylic acids is 1. The number of fused-ring (bicyclic) bond motifs is 1. The zero-order chi connectivity index (χ0) is 14.8. The molecule has 1 amide bonds. The summed E-state index contributed by atoms with van der Waals surface area (Å²) in [6.45, 7) is 0. The summed E-state index contributed by atoms with van der Waals surface area (Å²) in [6, 6.07) is 14.4. The molecule has 1 aliphatic rings. The van der Waals surface area contributed by atoms with Crippen LogP contribution in [0.2, 0.25) is 5.02 Å². The lowest BCUT2D eigenvalue weighted by Crippen LogP contribution is -2.21. The Morgan fingerprint density at radius 3 is 2.43 bits per heavy atom. The minimum atomic E-state index is -0.168. The first-order valence-corrected chi connectivity index (χ1v) is 7.40. The Bertz CT molecular complexity index is 659. The molecule has 2 aromatic rings. The van der Waals surface area contributed by atoms with E-state index in [-0.39, 0.29) is 5.91 Å². The van der Waals surface area contributed by atoms with Crippen molar-refractivity contribution in [3.05, 3.63) is 64.2 Å². The van der Waals surface area contributed by atoms with Crippen LogP contribution in [0.25, 0.3) is 0 Å². The van der Waals surface area contributed by atoms with E-state index >= 15 is 0 Å². The van der Waals surface area contributed by atoms with Crippen molar-refractivity contribution in [3.8, 4) is 0 Å². The van der Waals surface area contributed by atoms with Crippen LogP contribution in [0, 0.1) is 0 Å². The largest absolute Gasteiger partial charge is 0.382 e. The van der Waals surface area contributed by atoms with Gasteiger partial charge in [-0.05, 0) is 42.2 Å². The summed E-state index contributed by atoms with van der Waals surface area (Å²) < 4.78 is 0. The van der Waals surface area contributed by atoms with Crippen LogP contribution < -0.4 is 10.6 Å². The summed E-state index contributed by atoms with van der Waals surface area (Å²) in [5, 5.41) is 6.57. The standard InChI is InChI=1S/C17H17ClN2O/c1-19-17(21)15-10-13(6-7-16(15)18)20-14-8-11-4-2-3-5-12(11)9-14/h2-7,10,14,20H,8-9H2,1H3,(H,19,21). The lowest BCUT2D eigenvalue weighted by Gasteiger charge is -2.15. The summed E-state index contributed by atoms with van der Waals surface area (Å²) >= 11 is 6.07. The minimum absolute atomic E-state index is 0.168. The third kappa shape index (κ3) is 2.88. The fraction of sp³-hybridized carbons (Fsp3) is 0.235. The maximum atomic E-state index is 11.8. The van der Waals surface area contributed by atoms with Crippen molar-refractivity contribution >= 4 is 23.2 Å². The van der Waals surface area contributed by atoms with E-state index in [4.69, 9.17) is 11.6 Å². The Kier molecular flexibility index (Phi) is 3.84. The smallest absolute Gasteiger partial charge is 0.252 e.